The zero-order chi connectivity index (χ0) is 14.5. The third-order valence-corrected chi connectivity index (χ3v) is 4.43. The highest BCUT2D eigenvalue weighted by Gasteiger charge is 2.11. The van der Waals surface area contributed by atoms with E-state index in [2.05, 4.69) is 22.0 Å². The summed E-state index contributed by atoms with van der Waals surface area (Å²) in [5, 5.41) is 0. The maximum Gasteiger partial charge on any atom is 0.162 e. The van der Waals surface area contributed by atoms with E-state index >= 15 is 0 Å². The lowest BCUT2D eigenvalue weighted by atomic mass is 10.3. The fourth-order valence-corrected chi connectivity index (χ4v) is 2.98. The average molecular weight is 367 g/mol. The van der Waals surface area contributed by atoms with E-state index in [1.54, 1.807) is 11.8 Å². The summed E-state index contributed by atoms with van der Waals surface area (Å²) < 4.78 is 17.8. The van der Waals surface area contributed by atoms with Gasteiger partial charge >= 0.3 is 0 Å². The SMILES string of the molecule is Brc1ccc(OCCSc2ccc3c(c2)OCCO3)cc1. The van der Waals surface area contributed by atoms with Crippen molar-refractivity contribution in [1.29, 1.82) is 0 Å². The topological polar surface area (TPSA) is 27.7 Å². The van der Waals surface area contributed by atoms with Crippen LogP contribution in [0.5, 0.6) is 17.2 Å². The molecule has 0 bridgehead atoms. The minimum absolute atomic E-state index is 0.619. The first-order chi connectivity index (χ1) is 10.3. The van der Waals surface area contributed by atoms with Gasteiger partial charge in [0.05, 0.1) is 6.61 Å². The summed E-state index contributed by atoms with van der Waals surface area (Å²) in [6.45, 7) is 1.91. The van der Waals surface area contributed by atoms with Crippen LogP contribution < -0.4 is 14.2 Å². The summed E-state index contributed by atoms with van der Waals surface area (Å²) in [7, 11) is 0. The fourth-order valence-electron chi connectivity index (χ4n) is 1.96. The predicted molar refractivity (Wildman–Crippen MR) is 87.8 cm³/mol. The molecule has 110 valence electrons. The molecule has 3 rings (SSSR count). The minimum atomic E-state index is 0.619. The Labute approximate surface area is 136 Å². The van der Waals surface area contributed by atoms with E-state index in [-0.39, 0.29) is 0 Å². The van der Waals surface area contributed by atoms with Gasteiger partial charge in [-0.15, -0.1) is 11.8 Å². The molecule has 1 heterocycles. The van der Waals surface area contributed by atoms with Gasteiger partial charge in [0, 0.05) is 15.1 Å². The van der Waals surface area contributed by atoms with Crippen LogP contribution >= 0.6 is 27.7 Å². The Morgan fingerprint density at radius 2 is 1.76 bits per heavy atom. The molecule has 0 atom stereocenters. The molecule has 0 fully saturated rings. The lowest BCUT2D eigenvalue weighted by molar-refractivity contribution is 0.171. The molecule has 2 aromatic rings. The number of benzene rings is 2. The number of fused-ring (bicyclic) bond motifs is 1. The zero-order valence-electron chi connectivity index (χ0n) is 11.4. The molecule has 0 saturated carbocycles. The van der Waals surface area contributed by atoms with Gasteiger partial charge in [-0.2, -0.15) is 0 Å². The highest BCUT2D eigenvalue weighted by atomic mass is 79.9. The molecule has 0 aromatic heterocycles. The van der Waals surface area contributed by atoms with Crippen LogP contribution in [-0.2, 0) is 0 Å². The van der Waals surface area contributed by atoms with Crippen molar-refractivity contribution in [2.75, 3.05) is 25.6 Å². The first kappa shape index (κ1) is 14.6. The number of ether oxygens (including phenoxy) is 3. The van der Waals surface area contributed by atoms with Crippen LogP contribution in [0.15, 0.2) is 51.8 Å². The summed E-state index contributed by atoms with van der Waals surface area (Å²) in [5.41, 5.74) is 0. The predicted octanol–water partition coefficient (Wildman–Crippen LogP) is 4.39. The molecule has 0 saturated heterocycles. The largest absolute Gasteiger partial charge is 0.493 e. The second kappa shape index (κ2) is 7.09. The molecular formula is C16H15BrO3S. The molecule has 2 aromatic carbocycles. The second-order valence-electron chi connectivity index (χ2n) is 4.46. The van der Waals surface area contributed by atoms with Crippen molar-refractivity contribution in [1.82, 2.24) is 0 Å². The minimum Gasteiger partial charge on any atom is -0.493 e. The van der Waals surface area contributed by atoms with E-state index in [1.165, 1.54) is 4.90 Å². The van der Waals surface area contributed by atoms with Gasteiger partial charge in [0.1, 0.15) is 19.0 Å². The van der Waals surface area contributed by atoms with Crippen LogP contribution in [0, 0.1) is 0 Å². The van der Waals surface area contributed by atoms with Crippen LogP contribution in [0.2, 0.25) is 0 Å². The maximum atomic E-state index is 5.70. The molecule has 0 aliphatic carbocycles. The third kappa shape index (κ3) is 4.08. The van der Waals surface area contributed by atoms with Crippen molar-refractivity contribution in [3.8, 4) is 17.2 Å². The van der Waals surface area contributed by atoms with E-state index in [4.69, 9.17) is 14.2 Å². The summed E-state index contributed by atoms with van der Waals surface area (Å²) in [4.78, 5) is 1.17. The molecule has 0 spiro atoms. The van der Waals surface area contributed by atoms with E-state index in [1.807, 2.05) is 36.4 Å². The van der Waals surface area contributed by atoms with Crippen molar-refractivity contribution >= 4 is 27.7 Å². The fraction of sp³-hybridized carbons (Fsp3) is 0.250. The van der Waals surface area contributed by atoms with E-state index < -0.39 is 0 Å². The lowest BCUT2D eigenvalue weighted by Gasteiger charge is -2.18. The standard InChI is InChI=1S/C16H15BrO3S/c17-12-1-3-13(4-2-12)18-9-10-21-14-5-6-15-16(11-14)20-8-7-19-15/h1-6,11H,7-10H2. The van der Waals surface area contributed by atoms with Crippen LogP contribution in [0.25, 0.3) is 0 Å². The Kier molecular flexibility index (Phi) is 4.93. The first-order valence-electron chi connectivity index (χ1n) is 6.72. The zero-order valence-corrected chi connectivity index (χ0v) is 13.8. The number of rotatable bonds is 5. The van der Waals surface area contributed by atoms with Crippen molar-refractivity contribution < 1.29 is 14.2 Å². The smallest absolute Gasteiger partial charge is 0.162 e. The summed E-state index contributed by atoms with van der Waals surface area (Å²) in [5.74, 6) is 3.44. The summed E-state index contributed by atoms with van der Waals surface area (Å²) in [6, 6.07) is 13.9. The molecule has 0 N–H and O–H groups in total. The highest BCUT2D eigenvalue weighted by Crippen LogP contribution is 2.34. The van der Waals surface area contributed by atoms with E-state index in [0.29, 0.717) is 19.8 Å². The van der Waals surface area contributed by atoms with Crippen molar-refractivity contribution in [2.24, 2.45) is 0 Å². The third-order valence-electron chi connectivity index (χ3n) is 2.95. The molecule has 0 unspecified atom stereocenters. The van der Waals surface area contributed by atoms with Gasteiger partial charge in [-0.3, -0.25) is 0 Å². The van der Waals surface area contributed by atoms with Crippen molar-refractivity contribution in [2.45, 2.75) is 4.90 Å². The summed E-state index contributed by atoms with van der Waals surface area (Å²) >= 11 is 5.15. The number of thioether (sulfide) groups is 1. The summed E-state index contributed by atoms with van der Waals surface area (Å²) in [6.07, 6.45) is 0. The molecule has 5 heteroatoms. The second-order valence-corrected chi connectivity index (χ2v) is 6.54. The Morgan fingerprint density at radius 3 is 2.57 bits per heavy atom. The molecule has 3 nitrogen and oxygen atoms in total. The van der Waals surface area contributed by atoms with Gasteiger partial charge in [-0.25, -0.2) is 0 Å². The van der Waals surface area contributed by atoms with Gasteiger partial charge in [0.15, 0.2) is 11.5 Å². The van der Waals surface area contributed by atoms with Crippen molar-refractivity contribution in [3.63, 3.8) is 0 Å². The Bertz CT molecular complexity index is 601. The monoisotopic (exact) mass is 366 g/mol. The van der Waals surface area contributed by atoms with Crippen molar-refractivity contribution in [3.05, 3.63) is 46.9 Å². The highest BCUT2D eigenvalue weighted by molar-refractivity contribution is 9.10. The Balaban J connectivity index is 1.48. The normalized spacial score (nSPS) is 13.0. The molecule has 21 heavy (non-hydrogen) atoms. The number of halogens is 1. The molecule has 1 aliphatic rings. The molecule has 1 aliphatic heterocycles. The van der Waals surface area contributed by atoms with Gasteiger partial charge in [-0.05, 0) is 42.5 Å². The van der Waals surface area contributed by atoms with Gasteiger partial charge < -0.3 is 14.2 Å². The van der Waals surface area contributed by atoms with Crippen LogP contribution in [0.4, 0.5) is 0 Å². The maximum absolute atomic E-state index is 5.70. The molecule has 0 amide bonds. The number of hydrogen-bond acceptors (Lipinski definition) is 4. The Morgan fingerprint density at radius 1 is 1.00 bits per heavy atom. The van der Waals surface area contributed by atoms with E-state index in [0.717, 1.165) is 27.5 Å². The Hall–Kier alpha value is -1.33. The van der Waals surface area contributed by atoms with Crippen LogP contribution in [-0.4, -0.2) is 25.6 Å². The van der Waals surface area contributed by atoms with Crippen LogP contribution in [0.1, 0.15) is 0 Å². The molecule has 0 radical (unpaired) electrons. The average Bonchev–Trinajstić information content (AvgIpc) is 2.53. The van der Waals surface area contributed by atoms with Gasteiger partial charge in [0.25, 0.3) is 0 Å². The van der Waals surface area contributed by atoms with E-state index in [9.17, 15) is 0 Å². The number of hydrogen-bond donors (Lipinski definition) is 0. The van der Waals surface area contributed by atoms with Crippen LogP contribution in [0.3, 0.4) is 0 Å². The van der Waals surface area contributed by atoms with Gasteiger partial charge in [-0.1, -0.05) is 15.9 Å². The molecular weight excluding hydrogens is 352 g/mol. The quantitative estimate of drug-likeness (QED) is 0.579. The van der Waals surface area contributed by atoms with Gasteiger partial charge in [0.2, 0.25) is 0 Å². The first-order valence-corrected chi connectivity index (χ1v) is 8.50. The lowest BCUT2D eigenvalue weighted by Crippen LogP contribution is -2.15.